The zero-order chi connectivity index (χ0) is 19.7. The lowest BCUT2D eigenvalue weighted by molar-refractivity contribution is -0.127. The normalized spacial score (nSPS) is 20.3. The molecule has 2 N–H and O–H groups in total. The minimum absolute atomic E-state index is 0.0977. The van der Waals surface area contributed by atoms with E-state index in [9.17, 15) is 4.79 Å². The number of amides is 1. The average Bonchev–Trinajstić information content (AvgIpc) is 2.72. The molecule has 0 aliphatic carbocycles. The Labute approximate surface area is 176 Å². The molecule has 0 spiro atoms. The van der Waals surface area contributed by atoms with E-state index in [0.29, 0.717) is 10.9 Å². The number of nitrogens with one attached hydrogen (secondary N) is 2. The second-order valence-electron chi connectivity index (χ2n) is 6.30. The van der Waals surface area contributed by atoms with Crippen LogP contribution in [-0.4, -0.2) is 28.9 Å². The van der Waals surface area contributed by atoms with Crippen molar-refractivity contribution in [1.29, 1.82) is 0 Å². The van der Waals surface area contributed by atoms with Crippen LogP contribution in [-0.2, 0) is 4.79 Å². The van der Waals surface area contributed by atoms with Crippen LogP contribution < -0.4 is 15.4 Å². The van der Waals surface area contributed by atoms with Crippen LogP contribution in [0.25, 0.3) is 0 Å². The van der Waals surface area contributed by atoms with Gasteiger partial charge in [-0.15, -0.1) is 11.7 Å². The maximum absolute atomic E-state index is 13.0. The van der Waals surface area contributed by atoms with Gasteiger partial charge in [-0.3, -0.25) is 9.80 Å². The standard InChI is InChI=1S/C20H19BrN4O2S/c1-3-10-28-20-23-19(26)17-13-6-4-5-7-16(13)22-18(25(17)24-20)14-11-12(27-2)8-9-15(14)21/h3-9,11,17-18,22H,1,10H2,2H3,(H,23,24,26)/t17-,18+/m0/s1. The summed E-state index contributed by atoms with van der Waals surface area (Å²) in [6, 6.07) is 13.1. The zero-order valence-corrected chi connectivity index (χ0v) is 17.6. The van der Waals surface area contributed by atoms with Crippen molar-refractivity contribution in [3.63, 3.8) is 0 Å². The summed E-state index contributed by atoms with van der Waals surface area (Å²) in [5.74, 6) is 1.30. The number of hydrogen-bond acceptors (Lipinski definition) is 6. The van der Waals surface area contributed by atoms with Crippen LogP contribution in [0.3, 0.4) is 0 Å². The monoisotopic (exact) mass is 458 g/mol. The summed E-state index contributed by atoms with van der Waals surface area (Å²) in [7, 11) is 1.63. The van der Waals surface area contributed by atoms with Gasteiger partial charge in [-0.25, -0.2) is 0 Å². The second-order valence-corrected chi connectivity index (χ2v) is 8.16. The number of hydrogen-bond donors (Lipinski definition) is 2. The lowest BCUT2D eigenvalue weighted by Crippen LogP contribution is -2.51. The number of nitrogens with zero attached hydrogens (tertiary/aromatic N) is 2. The van der Waals surface area contributed by atoms with Crippen molar-refractivity contribution in [3.8, 4) is 5.75 Å². The molecule has 144 valence electrons. The Balaban J connectivity index is 1.84. The molecule has 1 amide bonds. The summed E-state index contributed by atoms with van der Waals surface area (Å²) in [6.45, 7) is 3.73. The first-order valence-electron chi connectivity index (χ1n) is 8.72. The number of ether oxygens (including phenoxy) is 1. The van der Waals surface area contributed by atoms with E-state index < -0.39 is 6.04 Å². The van der Waals surface area contributed by atoms with E-state index >= 15 is 0 Å². The molecule has 0 aromatic heterocycles. The molecule has 0 radical (unpaired) electrons. The first kappa shape index (κ1) is 18.9. The predicted molar refractivity (Wildman–Crippen MR) is 116 cm³/mol. The number of rotatable bonds is 4. The number of halogens is 1. The Hall–Kier alpha value is -2.45. The Kier molecular flexibility index (Phi) is 5.32. The summed E-state index contributed by atoms with van der Waals surface area (Å²) in [6.07, 6.45) is 1.44. The molecular weight excluding hydrogens is 440 g/mol. The largest absolute Gasteiger partial charge is 0.497 e. The average molecular weight is 459 g/mol. The summed E-state index contributed by atoms with van der Waals surface area (Å²) in [4.78, 5) is 13.0. The predicted octanol–water partition coefficient (Wildman–Crippen LogP) is 4.25. The SMILES string of the molecule is C=CCSC1=NN2[C@H](C(=O)N1)c1ccccc1N[C@H]2c1cc(OC)ccc1Br. The molecule has 2 heterocycles. The third kappa shape index (κ3) is 3.38. The molecule has 0 saturated heterocycles. The molecular formula is C20H19BrN4O2S. The van der Waals surface area contributed by atoms with Gasteiger partial charge in [0.15, 0.2) is 11.2 Å². The molecule has 2 aromatic carbocycles. The highest BCUT2D eigenvalue weighted by atomic mass is 79.9. The van der Waals surface area contributed by atoms with Gasteiger partial charge in [-0.05, 0) is 24.3 Å². The number of para-hydroxylation sites is 1. The maximum atomic E-state index is 13.0. The third-order valence-electron chi connectivity index (χ3n) is 4.60. The molecule has 0 bridgehead atoms. The minimum atomic E-state index is -0.520. The van der Waals surface area contributed by atoms with Crippen LogP contribution in [0, 0.1) is 0 Å². The van der Waals surface area contributed by atoms with Crippen molar-refractivity contribution in [2.45, 2.75) is 12.2 Å². The van der Waals surface area contributed by atoms with Gasteiger partial charge in [0.25, 0.3) is 5.91 Å². The minimum Gasteiger partial charge on any atom is -0.497 e. The van der Waals surface area contributed by atoms with Crippen molar-refractivity contribution >= 4 is 44.5 Å². The molecule has 2 aliphatic heterocycles. The molecule has 6 nitrogen and oxygen atoms in total. The maximum Gasteiger partial charge on any atom is 0.255 e. The fourth-order valence-corrected chi connectivity index (χ4v) is 4.40. The van der Waals surface area contributed by atoms with Gasteiger partial charge >= 0.3 is 0 Å². The number of fused-ring (bicyclic) bond motifs is 3. The van der Waals surface area contributed by atoms with Crippen LogP contribution in [0.5, 0.6) is 5.75 Å². The highest BCUT2D eigenvalue weighted by molar-refractivity contribution is 9.10. The number of thioether (sulfide) groups is 1. The smallest absolute Gasteiger partial charge is 0.255 e. The van der Waals surface area contributed by atoms with E-state index in [0.717, 1.165) is 27.0 Å². The van der Waals surface area contributed by atoms with Crippen LogP contribution in [0.1, 0.15) is 23.3 Å². The quantitative estimate of drug-likeness (QED) is 0.670. The molecule has 2 aromatic rings. The van der Waals surface area contributed by atoms with E-state index in [-0.39, 0.29) is 12.1 Å². The molecule has 8 heteroatoms. The molecule has 0 unspecified atom stereocenters. The van der Waals surface area contributed by atoms with Crippen LogP contribution in [0.4, 0.5) is 5.69 Å². The lowest BCUT2D eigenvalue weighted by Gasteiger charge is -2.44. The topological polar surface area (TPSA) is 66.0 Å². The van der Waals surface area contributed by atoms with Crippen molar-refractivity contribution < 1.29 is 9.53 Å². The van der Waals surface area contributed by atoms with Crippen molar-refractivity contribution in [2.75, 3.05) is 18.2 Å². The molecule has 2 atom stereocenters. The Morgan fingerprint density at radius 2 is 2.14 bits per heavy atom. The van der Waals surface area contributed by atoms with E-state index in [1.54, 1.807) is 13.2 Å². The first-order valence-corrected chi connectivity index (χ1v) is 10.5. The summed E-state index contributed by atoms with van der Waals surface area (Å²) < 4.78 is 6.31. The summed E-state index contributed by atoms with van der Waals surface area (Å²) in [5, 5.41) is 13.6. The molecule has 2 aliphatic rings. The summed E-state index contributed by atoms with van der Waals surface area (Å²) in [5.41, 5.74) is 2.74. The van der Waals surface area contributed by atoms with Crippen molar-refractivity contribution in [2.24, 2.45) is 5.10 Å². The Morgan fingerprint density at radius 1 is 1.32 bits per heavy atom. The second kappa shape index (κ2) is 7.89. The summed E-state index contributed by atoms with van der Waals surface area (Å²) >= 11 is 5.08. The number of amidine groups is 1. The Morgan fingerprint density at radius 3 is 2.93 bits per heavy atom. The van der Waals surface area contributed by atoms with E-state index in [4.69, 9.17) is 9.84 Å². The third-order valence-corrected chi connectivity index (χ3v) is 6.18. The van der Waals surface area contributed by atoms with E-state index in [1.807, 2.05) is 47.5 Å². The first-order chi connectivity index (χ1) is 13.6. The molecule has 28 heavy (non-hydrogen) atoms. The van der Waals surface area contributed by atoms with Gasteiger partial charge in [0, 0.05) is 27.0 Å². The van der Waals surface area contributed by atoms with Gasteiger partial charge in [-0.1, -0.05) is 52.0 Å². The fraction of sp³-hybridized carbons (Fsp3) is 0.200. The van der Waals surface area contributed by atoms with Crippen LogP contribution >= 0.6 is 27.7 Å². The van der Waals surface area contributed by atoms with E-state index in [2.05, 4.69) is 33.1 Å². The van der Waals surface area contributed by atoms with Gasteiger partial charge in [-0.2, -0.15) is 0 Å². The molecule has 0 fully saturated rings. The van der Waals surface area contributed by atoms with E-state index in [1.165, 1.54) is 11.8 Å². The number of anilines is 1. The lowest BCUT2D eigenvalue weighted by atomic mass is 9.97. The fourth-order valence-electron chi connectivity index (χ4n) is 3.33. The highest BCUT2D eigenvalue weighted by Gasteiger charge is 2.42. The zero-order valence-electron chi connectivity index (χ0n) is 15.2. The van der Waals surface area contributed by atoms with Crippen LogP contribution in [0.15, 0.2) is 64.7 Å². The number of benzene rings is 2. The van der Waals surface area contributed by atoms with Gasteiger partial charge in [0.2, 0.25) is 0 Å². The van der Waals surface area contributed by atoms with Gasteiger partial charge in [0.05, 0.1) is 7.11 Å². The molecule has 4 rings (SSSR count). The van der Waals surface area contributed by atoms with Gasteiger partial charge < -0.3 is 15.4 Å². The number of hydrazone groups is 1. The number of methoxy groups -OCH3 is 1. The number of carbonyl (C=O) groups is 1. The van der Waals surface area contributed by atoms with Crippen molar-refractivity contribution in [3.05, 3.63) is 70.7 Å². The number of carbonyl (C=O) groups excluding carboxylic acids is 1. The molecule has 0 saturated carbocycles. The highest BCUT2D eigenvalue weighted by Crippen LogP contribution is 2.44. The van der Waals surface area contributed by atoms with Crippen molar-refractivity contribution in [1.82, 2.24) is 10.3 Å². The Bertz CT molecular complexity index is 965. The van der Waals surface area contributed by atoms with Gasteiger partial charge in [0.1, 0.15) is 11.9 Å². The van der Waals surface area contributed by atoms with Crippen LogP contribution in [0.2, 0.25) is 0 Å².